The van der Waals surface area contributed by atoms with Gasteiger partial charge in [0.15, 0.2) is 0 Å². The van der Waals surface area contributed by atoms with Gasteiger partial charge in [-0.25, -0.2) is 12.8 Å². The Morgan fingerprint density at radius 2 is 1.74 bits per heavy atom. The first-order valence-corrected chi connectivity index (χ1v) is 15.3. The molecule has 0 aliphatic carbocycles. The SMILES string of the molecule is CCC(=O)N1CCc2cc(Br)cc(S(=O)(=O)N3CCC[C@H](C(=O)N4CCN(c5ccc(F)cc5)CC4)C3)c21. The minimum atomic E-state index is -3.93. The molecule has 11 heteroatoms. The van der Waals surface area contributed by atoms with Crippen LogP contribution >= 0.6 is 15.9 Å². The number of rotatable bonds is 5. The number of piperidine rings is 1. The summed E-state index contributed by atoms with van der Waals surface area (Å²) >= 11 is 3.45. The van der Waals surface area contributed by atoms with Crippen LogP contribution in [0.15, 0.2) is 45.8 Å². The summed E-state index contributed by atoms with van der Waals surface area (Å²) in [5.74, 6) is -0.818. The molecular weight excluding hydrogens is 575 g/mol. The molecule has 0 aromatic heterocycles. The van der Waals surface area contributed by atoms with E-state index in [1.807, 2.05) is 11.0 Å². The number of sulfonamides is 1. The van der Waals surface area contributed by atoms with Gasteiger partial charge in [-0.15, -0.1) is 0 Å². The molecule has 38 heavy (non-hydrogen) atoms. The molecule has 0 unspecified atom stereocenters. The lowest BCUT2D eigenvalue weighted by Gasteiger charge is -2.39. The maximum Gasteiger partial charge on any atom is 0.245 e. The Morgan fingerprint density at radius 3 is 2.42 bits per heavy atom. The maximum atomic E-state index is 13.9. The van der Waals surface area contributed by atoms with E-state index in [9.17, 15) is 22.4 Å². The van der Waals surface area contributed by atoms with Gasteiger partial charge in [0.25, 0.3) is 0 Å². The van der Waals surface area contributed by atoms with Crippen LogP contribution in [0, 0.1) is 11.7 Å². The molecule has 3 heterocycles. The van der Waals surface area contributed by atoms with Gasteiger partial charge in [-0.3, -0.25) is 9.59 Å². The summed E-state index contributed by atoms with van der Waals surface area (Å²) in [7, 11) is -3.93. The minimum Gasteiger partial charge on any atom is -0.368 e. The lowest BCUT2D eigenvalue weighted by Crippen LogP contribution is -2.53. The molecule has 2 aromatic carbocycles. The van der Waals surface area contributed by atoms with Gasteiger partial charge < -0.3 is 14.7 Å². The van der Waals surface area contributed by atoms with Crippen molar-refractivity contribution in [2.75, 3.05) is 55.6 Å². The first-order valence-electron chi connectivity index (χ1n) is 13.1. The van der Waals surface area contributed by atoms with E-state index in [1.165, 1.54) is 16.4 Å². The zero-order valence-electron chi connectivity index (χ0n) is 21.4. The first kappa shape index (κ1) is 27.1. The van der Waals surface area contributed by atoms with Gasteiger partial charge in [0.05, 0.1) is 11.6 Å². The number of hydrogen-bond acceptors (Lipinski definition) is 5. The minimum absolute atomic E-state index is 0.0223. The monoisotopic (exact) mass is 606 g/mol. The van der Waals surface area contributed by atoms with E-state index >= 15 is 0 Å². The van der Waals surface area contributed by atoms with Crippen LogP contribution in [-0.2, 0) is 26.0 Å². The number of anilines is 2. The highest BCUT2D eigenvalue weighted by molar-refractivity contribution is 9.10. The van der Waals surface area contributed by atoms with Crippen molar-refractivity contribution in [2.45, 2.75) is 37.5 Å². The number of halogens is 2. The van der Waals surface area contributed by atoms with Crippen LogP contribution in [0.2, 0.25) is 0 Å². The highest BCUT2D eigenvalue weighted by atomic mass is 79.9. The number of carbonyl (C=O) groups is 2. The van der Waals surface area contributed by atoms with Crippen molar-refractivity contribution in [1.29, 1.82) is 0 Å². The fourth-order valence-corrected chi connectivity index (χ4v) is 8.14. The molecule has 204 valence electrons. The van der Waals surface area contributed by atoms with Crippen LogP contribution in [0.1, 0.15) is 31.7 Å². The van der Waals surface area contributed by atoms with E-state index < -0.39 is 15.9 Å². The third-order valence-corrected chi connectivity index (χ3v) is 10.1. The van der Waals surface area contributed by atoms with Crippen molar-refractivity contribution in [2.24, 2.45) is 5.92 Å². The molecule has 2 fully saturated rings. The molecule has 0 N–H and O–H groups in total. The topological polar surface area (TPSA) is 81.2 Å². The van der Waals surface area contributed by atoms with Crippen molar-refractivity contribution in [3.05, 3.63) is 52.3 Å². The van der Waals surface area contributed by atoms with Gasteiger partial charge in [0, 0.05) is 62.4 Å². The first-order chi connectivity index (χ1) is 18.2. The maximum absolute atomic E-state index is 13.9. The quantitative estimate of drug-likeness (QED) is 0.519. The summed E-state index contributed by atoms with van der Waals surface area (Å²) < 4.78 is 43.2. The third kappa shape index (κ3) is 5.20. The second-order valence-electron chi connectivity index (χ2n) is 10.1. The number of benzene rings is 2. The Kier molecular flexibility index (Phi) is 7.79. The molecule has 1 atom stereocenters. The van der Waals surface area contributed by atoms with E-state index in [1.54, 1.807) is 30.0 Å². The molecule has 2 saturated heterocycles. The molecule has 0 spiro atoms. The summed E-state index contributed by atoms with van der Waals surface area (Å²) in [4.78, 5) is 31.7. The van der Waals surface area contributed by atoms with E-state index in [0.29, 0.717) is 75.1 Å². The highest BCUT2D eigenvalue weighted by Crippen LogP contribution is 2.40. The second-order valence-corrected chi connectivity index (χ2v) is 12.9. The molecule has 0 radical (unpaired) electrons. The number of hydrogen-bond donors (Lipinski definition) is 0. The van der Waals surface area contributed by atoms with E-state index in [0.717, 1.165) is 11.3 Å². The Bertz CT molecular complexity index is 1330. The predicted octanol–water partition coefficient (Wildman–Crippen LogP) is 3.64. The molecular formula is C27H32BrFN4O4S. The number of piperazine rings is 1. The standard InChI is InChI=1S/C27H32BrFN4O4S/c1-2-25(34)33-11-9-19-16-21(28)17-24(26(19)33)38(36,37)32-10-3-4-20(18-32)27(35)31-14-12-30(13-15-31)23-7-5-22(29)6-8-23/h5-8,16-17,20H,2-4,9-15,18H2,1H3/t20-/m0/s1. The number of fused-ring (bicyclic) bond motifs is 1. The Morgan fingerprint density at radius 1 is 1.03 bits per heavy atom. The second kappa shape index (κ2) is 10.9. The molecule has 2 amide bonds. The average molecular weight is 608 g/mol. The van der Waals surface area contributed by atoms with Crippen molar-refractivity contribution in [3.8, 4) is 0 Å². The van der Waals surface area contributed by atoms with Crippen LogP contribution < -0.4 is 9.80 Å². The molecule has 2 aromatic rings. The fraction of sp³-hybridized carbons (Fsp3) is 0.481. The molecule has 3 aliphatic rings. The van der Waals surface area contributed by atoms with Gasteiger partial charge in [-0.1, -0.05) is 22.9 Å². The van der Waals surface area contributed by atoms with E-state index in [4.69, 9.17) is 0 Å². The number of nitrogens with zero attached hydrogens (tertiary/aromatic N) is 4. The zero-order valence-corrected chi connectivity index (χ0v) is 23.8. The smallest absolute Gasteiger partial charge is 0.245 e. The summed E-state index contributed by atoms with van der Waals surface area (Å²) in [6, 6.07) is 9.81. The van der Waals surface area contributed by atoms with Crippen molar-refractivity contribution >= 4 is 49.1 Å². The Labute approximate surface area is 231 Å². The van der Waals surface area contributed by atoms with Gasteiger partial charge in [0.1, 0.15) is 10.7 Å². The summed E-state index contributed by atoms with van der Waals surface area (Å²) in [6.45, 7) is 5.05. The molecule has 8 nitrogen and oxygen atoms in total. The molecule has 5 rings (SSSR count). The molecule has 3 aliphatic heterocycles. The zero-order chi connectivity index (χ0) is 27.0. The van der Waals surface area contributed by atoms with Crippen LogP contribution in [-0.4, -0.2) is 75.3 Å². The molecule has 0 saturated carbocycles. The van der Waals surface area contributed by atoms with Crippen LogP contribution in [0.3, 0.4) is 0 Å². The lowest BCUT2D eigenvalue weighted by atomic mass is 9.97. The van der Waals surface area contributed by atoms with Crippen molar-refractivity contribution < 1.29 is 22.4 Å². The average Bonchev–Trinajstić information content (AvgIpc) is 3.36. The van der Waals surface area contributed by atoms with Gasteiger partial charge >= 0.3 is 0 Å². The Hall–Kier alpha value is -2.50. The third-order valence-electron chi connectivity index (χ3n) is 7.73. The van der Waals surface area contributed by atoms with E-state index in [-0.39, 0.29) is 29.1 Å². The van der Waals surface area contributed by atoms with E-state index in [2.05, 4.69) is 20.8 Å². The predicted molar refractivity (Wildman–Crippen MR) is 147 cm³/mol. The fourth-order valence-electron chi connectivity index (χ4n) is 5.70. The largest absolute Gasteiger partial charge is 0.368 e. The van der Waals surface area contributed by atoms with Crippen LogP contribution in [0.25, 0.3) is 0 Å². The number of carbonyl (C=O) groups excluding carboxylic acids is 2. The van der Waals surface area contributed by atoms with Crippen molar-refractivity contribution in [1.82, 2.24) is 9.21 Å². The lowest BCUT2D eigenvalue weighted by molar-refractivity contribution is -0.137. The Balaban J connectivity index is 1.30. The summed E-state index contributed by atoms with van der Waals surface area (Å²) in [6.07, 6.45) is 2.14. The van der Waals surface area contributed by atoms with Gasteiger partial charge in [-0.05, 0) is 61.2 Å². The van der Waals surface area contributed by atoms with Gasteiger partial charge in [0.2, 0.25) is 21.8 Å². The summed E-state index contributed by atoms with van der Waals surface area (Å²) in [5, 5.41) is 0. The van der Waals surface area contributed by atoms with Crippen molar-refractivity contribution in [3.63, 3.8) is 0 Å². The summed E-state index contributed by atoms with van der Waals surface area (Å²) in [5.41, 5.74) is 2.24. The number of amides is 2. The highest BCUT2D eigenvalue weighted by Gasteiger charge is 2.39. The normalized spacial score (nSPS) is 20.5. The molecule has 0 bridgehead atoms. The van der Waals surface area contributed by atoms with Crippen LogP contribution in [0.5, 0.6) is 0 Å². The van der Waals surface area contributed by atoms with Crippen LogP contribution in [0.4, 0.5) is 15.8 Å². The van der Waals surface area contributed by atoms with Gasteiger partial charge in [-0.2, -0.15) is 4.31 Å².